The van der Waals surface area contributed by atoms with E-state index in [9.17, 15) is 0 Å². The van der Waals surface area contributed by atoms with Crippen LogP contribution in [0.25, 0.3) is 0 Å². The first-order valence-corrected chi connectivity index (χ1v) is 10.2. The molecule has 5 heteroatoms. The summed E-state index contributed by atoms with van der Waals surface area (Å²) < 4.78 is 28.5. The van der Waals surface area contributed by atoms with Crippen LogP contribution in [-0.2, 0) is 23.7 Å². The molecule has 5 nitrogen and oxygen atoms in total. The van der Waals surface area contributed by atoms with Crippen molar-refractivity contribution in [2.45, 2.75) is 70.8 Å². The van der Waals surface area contributed by atoms with Gasteiger partial charge in [-0.25, -0.2) is 0 Å². The van der Waals surface area contributed by atoms with Crippen molar-refractivity contribution in [2.75, 3.05) is 59.5 Å². The highest BCUT2D eigenvalue weighted by molar-refractivity contribution is 4.74. The topological polar surface area (TPSA) is 46.2 Å². The van der Waals surface area contributed by atoms with Crippen LogP contribution in [-0.4, -0.2) is 65.1 Å². The van der Waals surface area contributed by atoms with Crippen LogP contribution in [0.15, 0.2) is 0 Å². The van der Waals surface area contributed by atoms with Crippen molar-refractivity contribution in [3.63, 3.8) is 0 Å². The number of rotatable bonds is 10. The highest BCUT2D eigenvalue weighted by Gasteiger charge is 2.26. The molecule has 0 radical (unpaired) electrons. The van der Waals surface area contributed by atoms with Crippen LogP contribution in [0.3, 0.4) is 0 Å². The van der Waals surface area contributed by atoms with Crippen LogP contribution in [0.4, 0.5) is 0 Å². The van der Waals surface area contributed by atoms with Gasteiger partial charge in [-0.05, 0) is 13.3 Å². The summed E-state index contributed by atoms with van der Waals surface area (Å²) in [5, 5.41) is 0. The molecule has 0 aromatic carbocycles. The molecule has 0 unspecified atom stereocenters. The van der Waals surface area contributed by atoms with E-state index in [0.29, 0.717) is 52.9 Å². The smallest absolute Gasteiger partial charge is 0.112 e. The lowest BCUT2D eigenvalue weighted by atomic mass is 10.1. The SMILES string of the molecule is CCCCCCCCCCOC1(C)COCCOCCOCCOC1. The van der Waals surface area contributed by atoms with Crippen LogP contribution in [0.2, 0.25) is 0 Å². The van der Waals surface area contributed by atoms with Crippen LogP contribution in [0, 0.1) is 0 Å². The molecule has 1 saturated heterocycles. The van der Waals surface area contributed by atoms with Gasteiger partial charge in [0.15, 0.2) is 0 Å². The molecule has 0 bridgehead atoms. The minimum atomic E-state index is -0.394. The van der Waals surface area contributed by atoms with E-state index in [-0.39, 0.29) is 0 Å². The summed E-state index contributed by atoms with van der Waals surface area (Å²) in [6.07, 6.45) is 10.5. The number of unbranched alkanes of at least 4 members (excludes halogenated alkanes) is 7. The fourth-order valence-electron chi connectivity index (χ4n) is 2.81. The summed E-state index contributed by atoms with van der Waals surface area (Å²) in [5.41, 5.74) is -0.394. The van der Waals surface area contributed by atoms with Gasteiger partial charge in [-0.15, -0.1) is 0 Å². The van der Waals surface area contributed by atoms with Crippen molar-refractivity contribution in [2.24, 2.45) is 0 Å². The molecular weight excluding hydrogens is 320 g/mol. The Morgan fingerprint density at radius 1 is 0.640 bits per heavy atom. The molecule has 1 heterocycles. The highest BCUT2D eigenvalue weighted by Crippen LogP contribution is 2.15. The average molecular weight is 361 g/mol. The zero-order valence-electron chi connectivity index (χ0n) is 16.6. The molecule has 25 heavy (non-hydrogen) atoms. The van der Waals surface area contributed by atoms with E-state index >= 15 is 0 Å². The molecule has 1 aliphatic heterocycles. The molecule has 150 valence electrons. The van der Waals surface area contributed by atoms with Crippen molar-refractivity contribution in [3.8, 4) is 0 Å². The van der Waals surface area contributed by atoms with Gasteiger partial charge >= 0.3 is 0 Å². The lowest BCUT2D eigenvalue weighted by Crippen LogP contribution is -2.40. The van der Waals surface area contributed by atoms with Crippen molar-refractivity contribution in [1.29, 1.82) is 0 Å². The fourth-order valence-corrected chi connectivity index (χ4v) is 2.81. The molecule has 0 spiro atoms. The third-order valence-electron chi connectivity index (χ3n) is 4.38. The summed E-state index contributed by atoms with van der Waals surface area (Å²) >= 11 is 0. The standard InChI is InChI=1S/C20H40O5/c1-3-4-5-6-7-8-9-10-11-25-20(2)18-23-16-14-21-12-13-22-15-17-24-19-20/h3-19H2,1-2H3. The minimum Gasteiger partial charge on any atom is -0.377 e. The molecule has 0 atom stereocenters. The van der Waals surface area contributed by atoms with Crippen LogP contribution in [0.5, 0.6) is 0 Å². The number of hydrogen-bond acceptors (Lipinski definition) is 5. The van der Waals surface area contributed by atoms with Crippen molar-refractivity contribution < 1.29 is 23.7 Å². The maximum absolute atomic E-state index is 6.12. The zero-order valence-corrected chi connectivity index (χ0v) is 16.6. The van der Waals surface area contributed by atoms with Gasteiger partial charge in [-0.2, -0.15) is 0 Å². The first-order valence-electron chi connectivity index (χ1n) is 10.2. The summed E-state index contributed by atoms with van der Waals surface area (Å²) in [7, 11) is 0. The lowest BCUT2D eigenvalue weighted by Gasteiger charge is -2.29. The molecule has 0 amide bonds. The van der Waals surface area contributed by atoms with Gasteiger partial charge in [-0.1, -0.05) is 51.9 Å². The van der Waals surface area contributed by atoms with Gasteiger partial charge in [0.25, 0.3) is 0 Å². The average Bonchev–Trinajstić information content (AvgIpc) is 2.63. The van der Waals surface area contributed by atoms with E-state index in [4.69, 9.17) is 23.7 Å². The van der Waals surface area contributed by atoms with E-state index in [1.165, 1.54) is 44.9 Å². The van der Waals surface area contributed by atoms with Crippen LogP contribution < -0.4 is 0 Å². The molecule has 0 aromatic heterocycles. The van der Waals surface area contributed by atoms with Gasteiger partial charge in [0.1, 0.15) is 5.60 Å². The predicted octanol–water partition coefficient (Wildman–Crippen LogP) is 3.98. The Balaban J connectivity index is 2.14. The van der Waals surface area contributed by atoms with Crippen LogP contribution in [0.1, 0.15) is 65.2 Å². The maximum atomic E-state index is 6.12. The second-order valence-corrected chi connectivity index (χ2v) is 7.10. The molecule has 0 aliphatic carbocycles. The summed E-state index contributed by atoms with van der Waals surface area (Å²) in [6, 6.07) is 0. The Morgan fingerprint density at radius 2 is 1.08 bits per heavy atom. The molecule has 1 aliphatic rings. The third-order valence-corrected chi connectivity index (χ3v) is 4.38. The Bertz CT molecular complexity index is 271. The first kappa shape index (κ1) is 22.8. The molecule has 0 saturated carbocycles. The number of hydrogen-bond donors (Lipinski definition) is 0. The largest absolute Gasteiger partial charge is 0.377 e. The summed E-state index contributed by atoms with van der Waals surface area (Å²) in [6.45, 7) is 9.73. The monoisotopic (exact) mass is 360 g/mol. The minimum absolute atomic E-state index is 0.394. The Morgan fingerprint density at radius 3 is 1.60 bits per heavy atom. The zero-order chi connectivity index (χ0) is 18.1. The van der Waals surface area contributed by atoms with Crippen LogP contribution >= 0.6 is 0 Å². The lowest BCUT2D eigenvalue weighted by molar-refractivity contribution is -0.130. The van der Waals surface area contributed by atoms with Gasteiger partial charge in [0.05, 0.1) is 52.9 Å². The predicted molar refractivity (Wildman–Crippen MR) is 100 cm³/mol. The second-order valence-electron chi connectivity index (χ2n) is 7.10. The van der Waals surface area contributed by atoms with Gasteiger partial charge in [-0.3, -0.25) is 0 Å². The van der Waals surface area contributed by atoms with Crippen molar-refractivity contribution in [3.05, 3.63) is 0 Å². The molecule has 1 fully saturated rings. The summed E-state index contributed by atoms with van der Waals surface area (Å²) in [4.78, 5) is 0. The molecule has 0 aromatic rings. The maximum Gasteiger partial charge on any atom is 0.112 e. The summed E-state index contributed by atoms with van der Waals surface area (Å²) in [5.74, 6) is 0. The van der Waals surface area contributed by atoms with Gasteiger partial charge < -0.3 is 23.7 Å². The van der Waals surface area contributed by atoms with E-state index in [1.54, 1.807) is 0 Å². The fraction of sp³-hybridized carbons (Fsp3) is 1.00. The van der Waals surface area contributed by atoms with E-state index < -0.39 is 5.60 Å². The molecular formula is C20H40O5. The Kier molecular flexibility index (Phi) is 14.6. The Hall–Kier alpha value is -0.200. The van der Waals surface area contributed by atoms with Crippen molar-refractivity contribution in [1.82, 2.24) is 0 Å². The molecule has 1 rings (SSSR count). The highest BCUT2D eigenvalue weighted by atomic mass is 16.6. The van der Waals surface area contributed by atoms with Gasteiger partial charge in [0, 0.05) is 6.61 Å². The second kappa shape index (κ2) is 16.0. The normalized spacial score (nSPS) is 20.4. The Labute approximate surface area is 154 Å². The van der Waals surface area contributed by atoms with E-state index in [2.05, 4.69) is 13.8 Å². The van der Waals surface area contributed by atoms with Crippen molar-refractivity contribution >= 4 is 0 Å². The van der Waals surface area contributed by atoms with E-state index in [1.807, 2.05) is 0 Å². The van der Waals surface area contributed by atoms with E-state index in [0.717, 1.165) is 13.0 Å². The number of ether oxygens (including phenoxy) is 5. The first-order chi connectivity index (χ1) is 12.3. The third kappa shape index (κ3) is 13.6. The van der Waals surface area contributed by atoms with Gasteiger partial charge in [0.2, 0.25) is 0 Å². The quantitative estimate of drug-likeness (QED) is 0.551. The molecule has 0 N–H and O–H groups in total.